The van der Waals surface area contributed by atoms with Crippen molar-refractivity contribution in [2.24, 2.45) is 5.92 Å². The van der Waals surface area contributed by atoms with Gasteiger partial charge in [0.05, 0.1) is 6.10 Å². The van der Waals surface area contributed by atoms with E-state index in [4.69, 9.17) is 0 Å². The van der Waals surface area contributed by atoms with Crippen molar-refractivity contribution in [3.63, 3.8) is 0 Å². The van der Waals surface area contributed by atoms with Crippen molar-refractivity contribution in [1.82, 2.24) is 4.90 Å². The van der Waals surface area contributed by atoms with E-state index in [-0.39, 0.29) is 6.10 Å². The van der Waals surface area contributed by atoms with Crippen LogP contribution in [0.15, 0.2) is 30.3 Å². The fraction of sp³-hybridized carbons (Fsp3) is 0.571. The maximum atomic E-state index is 10.1. The lowest BCUT2D eigenvalue weighted by Gasteiger charge is -2.32. The zero-order chi connectivity index (χ0) is 11.1. The van der Waals surface area contributed by atoms with Gasteiger partial charge in [0, 0.05) is 18.6 Å². The van der Waals surface area contributed by atoms with Gasteiger partial charge in [0.25, 0.3) is 0 Å². The van der Waals surface area contributed by atoms with Crippen LogP contribution in [0.4, 0.5) is 0 Å². The molecule has 2 bridgehead atoms. The molecule has 1 heterocycles. The van der Waals surface area contributed by atoms with E-state index in [0.29, 0.717) is 18.0 Å². The van der Waals surface area contributed by atoms with Crippen LogP contribution in [0.1, 0.15) is 31.4 Å². The highest BCUT2D eigenvalue weighted by atomic mass is 16.3. The number of fused-ring (bicyclic) bond motifs is 2. The molecule has 1 aromatic rings. The molecule has 2 heteroatoms. The van der Waals surface area contributed by atoms with Gasteiger partial charge in [-0.05, 0) is 31.2 Å². The van der Waals surface area contributed by atoms with Crippen molar-refractivity contribution in [2.45, 2.75) is 38.0 Å². The number of aliphatic hydroxyl groups excluding tert-OH is 1. The van der Waals surface area contributed by atoms with Crippen molar-refractivity contribution < 1.29 is 5.11 Å². The summed E-state index contributed by atoms with van der Waals surface area (Å²) in [7, 11) is 0. The number of rotatable bonds is 2. The van der Waals surface area contributed by atoms with Gasteiger partial charge < -0.3 is 5.11 Å². The second-order valence-corrected chi connectivity index (χ2v) is 5.18. The SMILES string of the molecule is C[C@@H](c1ccccc1)N1C[C@H]2CC[C@@H]1[C@@H]2O. The zero-order valence-corrected chi connectivity index (χ0v) is 9.71. The summed E-state index contributed by atoms with van der Waals surface area (Å²) in [4.78, 5) is 2.48. The van der Waals surface area contributed by atoms with E-state index in [1.807, 2.05) is 0 Å². The summed E-state index contributed by atoms with van der Waals surface area (Å²) in [6.07, 6.45) is 2.30. The molecule has 16 heavy (non-hydrogen) atoms. The lowest BCUT2D eigenvalue weighted by molar-refractivity contribution is 0.105. The molecule has 1 saturated heterocycles. The summed E-state index contributed by atoms with van der Waals surface area (Å²) in [6, 6.07) is 11.5. The molecule has 0 unspecified atom stereocenters. The number of aliphatic hydroxyl groups is 1. The van der Waals surface area contributed by atoms with E-state index in [0.717, 1.165) is 6.54 Å². The highest BCUT2D eigenvalue weighted by Crippen LogP contribution is 2.42. The van der Waals surface area contributed by atoms with Crippen LogP contribution in [-0.2, 0) is 0 Å². The van der Waals surface area contributed by atoms with Crippen LogP contribution in [0.5, 0.6) is 0 Å². The van der Waals surface area contributed by atoms with E-state index in [1.165, 1.54) is 18.4 Å². The average Bonchev–Trinajstić information content (AvgIpc) is 2.85. The van der Waals surface area contributed by atoms with Crippen LogP contribution >= 0.6 is 0 Å². The molecular formula is C14H19NO. The maximum Gasteiger partial charge on any atom is 0.0735 e. The molecule has 2 fully saturated rings. The first-order chi connectivity index (χ1) is 7.77. The average molecular weight is 217 g/mol. The van der Waals surface area contributed by atoms with E-state index in [9.17, 15) is 5.11 Å². The highest BCUT2D eigenvalue weighted by Gasteiger charge is 2.47. The Bertz CT molecular complexity index is 364. The monoisotopic (exact) mass is 217 g/mol. The Kier molecular flexibility index (Phi) is 2.49. The van der Waals surface area contributed by atoms with E-state index in [2.05, 4.69) is 42.2 Å². The Morgan fingerprint density at radius 1 is 1.25 bits per heavy atom. The molecule has 3 rings (SSSR count). The third kappa shape index (κ3) is 1.48. The van der Waals surface area contributed by atoms with Crippen LogP contribution in [0.3, 0.4) is 0 Å². The number of likely N-dealkylation sites (tertiary alicyclic amines) is 1. The van der Waals surface area contributed by atoms with Gasteiger partial charge in [-0.15, -0.1) is 0 Å². The third-order valence-electron chi connectivity index (χ3n) is 4.36. The molecule has 0 radical (unpaired) electrons. The van der Waals surface area contributed by atoms with Crippen LogP contribution in [0, 0.1) is 5.92 Å². The fourth-order valence-corrected chi connectivity index (χ4v) is 3.38. The minimum absolute atomic E-state index is 0.0776. The standard InChI is InChI=1S/C14H19NO/c1-10(11-5-3-2-4-6-11)15-9-12-7-8-13(15)14(12)16/h2-6,10,12-14,16H,7-9H2,1H3/t10-,12+,13+,14+/m0/s1. The smallest absolute Gasteiger partial charge is 0.0735 e. The predicted octanol–water partition coefficient (Wildman–Crippen LogP) is 2.20. The molecule has 2 aliphatic rings. The molecule has 1 N–H and O–H groups in total. The summed E-state index contributed by atoms with van der Waals surface area (Å²) in [5, 5.41) is 10.1. The molecule has 1 aliphatic heterocycles. The van der Waals surface area contributed by atoms with E-state index >= 15 is 0 Å². The Hall–Kier alpha value is -0.860. The van der Waals surface area contributed by atoms with Crippen LogP contribution in [-0.4, -0.2) is 28.7 Å². The van der Waals surface area contributed by atoms with Crippen molar-refractivity contribution in [3.05, 3.63) is 35.9 Å². The molecule has 0 aromatic heterocycles. The predicted molar refractivity (Wildman–Crippen MR) is 64.1 cm³/mol. The topological polar surface area (TPSA) is 23.5 Å². The Balaban J connectivity index is 1.80. The molecule has 0 amide bonds. The first-order valence-electron chi connectivity index (χ1n) is 6.26. The van der Waals surface area contributed by atoms with Gasteiger partial charge in [-0.1, -0.05) is 30.3 Å². The number of hydrogen-bond acceptors (Lipinski definition) is 2. The largest absolute Gasteiger partial charge is 0.391 e. The van der Waals surface area contributed by atoms with Crippen LogP contribution in [0.2, 0.25) is 0 Å². The van der Waals surface area contributed by atoms with Crippen LogP contribution < -0.4 is 0 Å². The minimum Gasteiger partial charge on any atom is -0.391 e. The van der Waals surface area contributed by atoms with Gasteiger partial charge in [-0.25, -0.2) is 0 Å². The fourth-order valence-electron chi connectivity index (χ4n) is 3.38. The summed E-state index contributed by atoms with van der Waals surface area (Å²) >= 11 is 0. The number of hydrogen-bond donors (Lipinski definition) is 1. The normalized spacial score (nSPS) is 35.5. The highest BCUT2D eigenvalue weighted by molar-refractivity contribution is 5.19. The molecule has 0 spiro atoms. The molecular weight excluding hydrogens is 198 g/mol. The first-order valence-corrected chi connectivity index (χ1v) is 6.26. The summed E-state index contributed by atoms with van der Waals surface area (Å²) in [5.41, 5.74) is 1.36. The lowest BCUT2D eigenvalue weighted by atomic mass is 10.0. The molecule has 1 aliphatic carbocycles. The number of benzene rings is 1. The number of nitrogens with zero attached hydrogens (tertiary/aromatic N) is 1. The van der Waals surface area contributed by atoms with Crippen molar-refractivity contribution in [3.8, 4) is 0 Å². The molecule has 86 valence electrons. The number of piperidine rings is 1. The van der Waals surface area contributed by atoms with Gasteiger partial charge in [-0.3, -0.25) is 4.90 Å². The lowest BCUT2D eigenvalue weighted by Crippen LogP contribution is -2.36. The zero-order valence-electron chi connectivity index (χ0n) is 9.71. The van der Waals surface area contributed by atoms with Crippen molar-refractivity contribution >= 4 is 0 Å². The summed E-state index contributed by atoms with van der Waals surface area (Å²) in [5.74, 6) is 0.524. The van der Waals surface area contributed by atoms with Crippen molar-refractivity contribution in [2.75, 3.05) is 6.54 Å². The molecule has 4 atom stereocenters. The quantitative estimate of drug-likeness (QED) is 0.821. The third-order valence-corrected chi connectivity index (χ3v) is 4.36. The van der Waals surface area contributed by atoms with E-state index in [1.54, 1.807) is 0 Å². The van der Waals surface area contributed by atoms with Gasteiger partial charge in [0.15, 0.2) is 0 Å². The Morgan fingerprint density at radius 3 is 2.56 bits per heavy atom. The summed E-state index contributed by atoms with van der Waals surface area (Å²) < 4.78 is 0. The van der Waals surface area contributed by atoms with Gasteiger partial charge >= 0.3 is 0 Å². The molecule has 2 nitrogen and oxygen atoms in total. The van der Waals surface area contributed by atoms with Gasteiger partial charge in [-0.2, -0.15) is 0 Å². The van der Waals surface area contributed by atoms with Crippen molar-refractivity contribution in [1.29, 1.82) is 0 Å². The Labute approximate surface area is 96.9 Å². The first kappa shape index (κ1) is 10.3. The maximum absolute atomic E-state index is 10.1. The van der Waals surface area contributed by atoms with Gasteiger partial charge in [0.2, 0.25) is 0 Å². The van der Waals surface area contributed by atoms with Crippen LogP contribution in [0.25, 0.3) is 0 Å². The Morgan fingerprint density at radius 2 is 2.00 bits per heavy atom. The summed E-state index contributed by atoms with van der Waals surface area (Å²) in [6.45, 7) is 3.32. The molecule has 1 aromatic carbocycles. The minimum atomic E-state index is -0.0776. The second kappa shape index (κ2) is 3.86. The molecule has 1 saturated carbocycles. The second-order valence-electron chi connectivity index (χ2n) is 5.18. The van der Waals surface area contributed by atoms with E-state index < -0.39 is 0 Å². The van der Waals surface area contributed by atoms with Gasteiger partial charge in [0.1, 0.15) is 0 Å².